The molecular formula is C22H22N2O. The smallest absolute Gasteiger partial charge is 0.114 e. The van der Waals surface area contributed by atoms with Gasteiger partial charge in [0.2, 0.25) is 0 Å². The molecule has 25 heavy (non-hydrogen) atoms. The summed E-state index contributed by atoms with van der Waals surface area (Å²) in [7, 11) is 0. The van der Waals surface area contributed by atoms with E-state index in [1.54, 1.807) is 6.08 Å². The van der Waals surface area contributed by atoms with E-state index in [0.29, 0.717) is 0 Å². The van der Waals surface area contributed by atoms with Gasteiger partial charge in [-0.25, -0.2) is 4.98 Å². The van der Waals surface area contributed by atoms with Crippen LogP contribution in [0.3, 0.4) is 0 Å². The second-order valence-electron chi connectivity index (χ2n) is 6.69. The van der Waals surface area contributed by atoms with Gasteiger partial charge in [0.25, 0.3) is 0 Å². The Balaban J connectivity index is 1.96. The van der Waals surface area contributed by atoms with Gasteiger partial charge in [0.15, 0.2) is 0 Å². The maximum absolute atomic E-state index is 9.53. The van der Waals surface area contributed by atoms with Crippen LogP contribution in [0, 0.1) is 6.92 Å². The maximum Gasteiger partial charge on any atom is 0.114 e. The molecule has 1 aliphatic rings. The average molecular weight is 330 g/mol. The molecule has 0 saturated heterocycles. The molecule has 2 heterocycles. The summed E-state index contributed by atoms with van der Waals surface area (Å²) in [5.41, 5.74) is 7.22. The Labute approximate surface area is 147 Å². The van der Waals surface area contributed by atoms with Crippen LogP contribution < -0.4 is 0 Å². The number of pyridine rings is 1. The molecular weight excluding hydrogens is 308 g/mol. The van der Waals surface area contributed by atoms with Gasteiger partial charge in [-0.1, -0.05) is 12.7 Å². The van der Waals surface area contributed by atoms with Crippen molar-refractivity contribution in [3.63, 3.8) is 0 Å². The summed E-state index contributed by atoms with van der Waals surface area (Å²) in [6, 6.07) is 6.45. The number of H-pyrrole nitrogens is 1. The van der Waals surface area contributed by atoms with Crippen molar-refractivity contribution in [1.29, 1.82) is 0 Å². The summed E-state index contributed by atoms with van der Waals surface area (Å²) in [5, 5.41) is 12.1. The number of fused-ring (bicyclic) bond motifs is 5. The molecule has 0 fully saturated rings. The highest BCUT2D eigenvalue weighted by Gasteiger charge is 2.19. The van der Waals surface area contributed by atoms with E-state index in [1.165, 1.54) is 52.0 Å². The first-order valence-corrected chi connectivity index (χ1v) is 8.81. The summed E-state index contributed by atoms with van der Waals surface area (Å²) in [6.07, 6.45) is 11.5. The predicted molar refractivity (Wildman–Crippen MR) is 105 cm³/mol. The first-order chi connectivity index (χ1) is 12.2. The SMILES string of the molecule is C=C/C(O)=C\C=C\c1nc2ccc3[nH]c(C)cc3c2c2c1CCCC2. The van der Waals surface area contributed by atoms with Crippen LogP contribution in [-0.4, -0.2) is 15.1 Å². The number of aryl methyl sites for hydroxylation is 2. The Hall–Kier alpha value is -2.81. The van der Waals surface area contributed by atoms with E-state index in [2.05, 4.69) is 36.7 Å². The maximum atomic E-state index is 9.53. The highest BCUT2D eigenvalue weighted by Crippen LogP contribution is 2.35. The summed E-state index contributed by atoms with van der Waals surface area (Å²) in [5.74, 6) is 0.162. The summed E-state index contributed by atoms with van der Waals surface area (Å²) < 4.78 is 0. The normalized spacial score (nSPS) is 15.2. The van der Waals surface area contributed by atoms with Crippen LogP contribution >= 0.6 is 0 Å². The third kappa shape index (κ3) is 2.76. The largest absolute Gasteiger partial charge is 0.508 e. The van der Waals surface area contributed by atoms with Crippen LogP contribution in [-0.2, 0) is 12.8 Å². The molecule has 0 bridgehead atoms. The number of aliphatic hydroxyl groups excluding tert-OH is 1. The lowest BCUT2D eigenvalue weighted by molar-refractivity contribution is 0.433. The molecule has 0 spiro atoms. The molecule has 4 rings (SSSR count). The predicted octanol–water partition coefficient (Wildman–Crippen LogP) is 5.54. The number of hydrogen-bond donors (Lipinski definition) is 2. The minimum absolute atomic E-state index is 0.162. The van der Waals surface area contributed by atoms with E-state index in [9.17, 15) is 5.11 Å². The average Bonchev–Trinajstić information content (AvgIpc) is 3.01. The number of nitrogens with one attached hydrogen (secondary N) is 1. The van der Waals surface area contributed by atoms with E-state index < -0.39 is 0 Å². The van der Waals surface area contributed by atoms with Gasteiger partial charge in [-0.3, -0.25) is 0 Å². The van der Waals surface area contributed by atoms with Gasteiger partial charge in [-0.2, -0.15) is 0 Å². The zero-order chi connectivity index (χ0) is 17.4. The van der Waals surface area contributed by atoms with Crippen molar-refractivity contribution in [3.05, 3.63) is 71.3 Å². The fourth-order valence-electron chi connectivity index (χ4n) is 3.85. The van der Waals surface area contributed by atoms with Crippen molar-refractivity contribution >= 4 is 27.9 Å². The molecule has 0 amide bonds. The highest BCUT2D eigenvalue weighted by atomic mass is 16.3. The van der Waals surface area contributed by atoms with Crippen LogP contribution in [0.1, 0.15) is 35.4 Å². The van der Waals surface area contributed by atoms with Crippen molar-refractivity contribution in [2.45, 2.75) is 32.6 Å². The highest BCUT2D eigenvalue weighted by molar-refractivity contribution is 6.08. The van der Waals surface area contributed by atoms with Crippen LogP contribution in [0.25, 0.3) is 27.9 Å². The third-order valence-electron chi connectivity index (χ3n) is 4.97. The minimum atomic E-state index is 0.162. The second-order valence-corrected chi connectivity index (χ2v) is 6.69. The summed E-state index contributed by atoms with van der Waals surface area (Å²) in [6.45, 7) is 5.66. The molecule has 2 aromatic heterocycles. The van der Waals surface area contributed by atoms with E-state index >= 15 is 0 Å². The third-order valence-corrected chi connectivity index (χ3v) is 4.97. The van der Waals surface area contributed by atoms with Crippen LogP contribution in [0.15, 0.2) is 48.8 Å². The zero-order valence-corrected chi connectivity index (χ0v) is 14.5. The number of aromatic amines is 1. The lowest BCUT2D eigenvalue weighted by Gasteiger charge is -2.20. The van der Waals surface area contributed by atoms with Crippen LogP contribution in [0.5, 0.6) is 0 Å². The molecule has 0 unspecified atom stereocenters. The van der Waals surface area contributed by atoms with Crippen LogP contribution in [0.4, 0.5) is 0 Å². The van der Waals surface area contributed by atoms with Crippen LogP contribution in [0.2, 0.25) is 0 Å². The van der Waals surface area contributed by atoms with E-state index in [0.717, 1.165) is 24.1 Å². The zero-order valence-electron chi connectivity index (χ0n) is 14.5. The van der Waals surface area contributed by atoms with Crippen molar-refractivity contribution in [2.24, 2.45) is 0 Å². The molecule has 3 nitrogen and oxygen atoms in total. The van der Waals surface area contributed by atoms with Gasteiger partial charge in [0, 0.05) is 22.0 Å². The standard InChI is InChI=1S/C22H22N2O/c1-3-15(25)7-6-10-19-16-8-4-5-9-17(16)22-18-13-14(2)23-20(18)11-12-21(22)24-19/h3,6-7,10-13,23,25H,1,4-5,8-9H2,2H3/b10-6+,15-7+. The van der Waals surface area contributed by atoms with Gasteiger partial charge in [0.05, 0.1) is 11.2 Å². The molecule has 2 N–H and O–H groups in total. The van der Waals surface area contributed by atoms with E-state index in [-0.39, 0.29) is 5.76 Å². The molecule has 0 saturated carbocycles. The summed E-state index contributed by atoms with van der Waals surface area (Å²) in [4.78, 5) is 8.37. The molecule has 1 aliphatic carbocycles. The van der Waals surface area contributed by atoms with Crippen molar-refractivity contribution in [3.8, 4) is 0 Å². The Morgan fingerprint density at radius 1 is 1.24 bits per heavy atom. The van der Waals surface area contributed by atoms with Crippen molar-refractivity contribution in [1.82, 2.24) is 9.97 Å². The fraction of sp³-hybridized carbons (Fsp3) is 0.227. The number of allylic oxidation sites excluding steroid dienone is 3. The molecule has 0 aliphatic heterocycles. The van der Waals surface area contributed by atoms with Gasteiger partial charge in [0.1, 0.15) is 5.76 Å². The number of benzene rings is 1. The Kier molecular flexibility index (Phi) is 3.92. The second kappa shape index (κ2) is 6.25. The fourth-order valence-corrected chi connectivity index (χ4v) is 3.85. The van der Waals surface area contributed by atoms with Crippen molar-refractivity contribution < 1.29 is 5.11 Å². The Morgan fingerprint density at radius 3 is 2.84 bits per heavy atom. The number of nitrogens with zero attached hydrogens (tertiary/aromatic N) is 1. The molecule has 3 heteroatoms. The quantitative estimate of drug-likeness (QED) is 0.489. The lowest BCUT2D eigenvalue weighted by atomic mass is 9.87. The Morgan fingerprint density at radius 2 is 2.04 bits per heavy atom. The molecule has 126 valence electrons. The first-order valence-electron chi connectivity index (χ1n) is 8.81. The molecule has 3 aromatic rings. The first kappa shape index (κ1) is 15.7. The number of hydrogen-bond acceptors (Lipinski definition) is 2. The monoisotopic (exact) mass is 330 g/mol. The Bertz CT molecular complexity index is 1040. The number of aliphatic hydroxyl groups is 1. The van der Waals surface area contributed by atoms with Crippen molar-refractivity contribution in [2.75, 3.05) is 0 Å². The molecule has 1 aromatic carbocycles. The number of rotatable bonds is 3. The molecule has 0 radical (unpaired) electrons. The number of aromatic nitrogens is 2. The molecule has 0 atom stereocenters. The van der Waals surface area contributed by atoms with Gasteiger partial charge in [-0.15, -0.1) is 0 Å². The van der Waals surface area contributed by atoms with E-state index in [1.807, 2.05) is 12.2 Å². The summed E-state index contributed by atoms with van der Waals surface area (Å²) >= 11 is 0. The van der Waals surface area contributed by atoms with Gasteiger partial charge >= 0.3 is 0 Å². The lowest BCUT2D eigenvalue weighted by Crippen LogP contribution is -2.07. The minimum Gasteiger partial charge on any atom is -0.508 e. The topological polar surface area (TPSA) is 48.9 Å². The van der Waals surface area contributed by atoms with Gasteiger partial charge in [-0.05, 0) is 80.2 Å². The van der Waals surface area contributed by atoms with E-state index in [4.69, 9.17) is 4.98 Å². The van der Waals surface area contributed by atoms with Gasteiger partial charge < -0.3 is 10.1 Å².